The lowest BCUT2D eigenvalue weighted by Crippen LogP contribution is -2.50. The van der Waals surface area contributed by atoms with E-state index < -0.39 is 0 Å². The number of hydrogen-bond donors (Lipinski definition) is 0. The van der Waals surface area contributed by atoms with Gasteiger partial charge in [0, 0.05) is 34.7 Å². The molecule has 0 aromatic carbocycles. The number of hydrogen-bond acceptors (Lipinski definition) is 4. The van der Waals surface area contributed by atoms with Crippen molar-refractivity contribution in [1.29, 1.82) is 10.5 Å². The van der Waals surface area contributed by atoms with Gasteiger partial charge in [0.05, 0.1) is 12.1 Å². The first-order valence-electron chi connectivity index (χ1n) is 13.5. The Kier molecular flexibility index (Phi) is 13.2. The number of carbonyl (C=O) groups is 2. The van der Waals surface area contributed by atoms with Crippen LogP contribution in [-0.2, 0) is 9.59 Å². The van der Waals surface area contributed by atoms with E-state index in [2.05, 4.69) is 68.4 Å². The first-order valence-corrected chi connectivity index (χ1v) is 13.5. The number of Topliss-reactive ketones (excluding diaryl/α,β-unsaturated/α-hetero) is 2. The number of nitrogens with zero attached hydrogens (tertiary/aromatic N) is 2. The Labute approximate surface area is 216 Å². The minimum absolute atomic E-state index is 0.0424. The summed E-state index contributed by atoms with van der Waals surface area (Å²) in [6.45, 7) is 27.1. The van der Waals surface area contributed by atoms with Crippen molar-refractivity contribution in [1.82, 2.24) is 0 Å². The molecule has 198 valence electrons. The first-order chi connectivity index (χ1) is 16.0. The molecule has 4 nitrogen and oxygen atoms in total. The Morgan fingerprint density at radius 3 is 1.63 bits per heavy atom. The molecule has 2 aliphatic carbocycles. The summed E-state index contributed by atoms with van der Waals surface area (Å²) in [5.74, 6) is 4.60. The normalized spacial score (nSPS) is 40.2. The van der Waals surface area contributed by atoms with Gasteiger partial charge in [0.2, 0.25) is 0 Å². The Morgan fingerprint density at radius 2 is 1.29 bits per heavy atom. The van der Waals surface area contributed by atoms with Crippen LogP contribution < -0.4 is 0 Å². The molecule has 2 rings (SSSR count). The molecule has 2 fully saturated rings. The van der Waals surface area contributed by atoms with E-state index in [1.807, 2.05) is 26.8 Å². The highest BCUT2D eigenvalue weighted by Gasteiger charge is 2.50. The molecule has 10 atom stereocenters. The molecule has 10 unspecified atom stereocenters. The van der Waals surface area contributed by atoms with Gasteiger partial charge in [-0.25, -0.2) is 0 Å². The summed E-state index contributed by atoms with van der Waals surface area (Å²) in [4.78, 5) is 24.2. The van der Waals surface area contributed by atoms with Crippen LogP contribution in [0.1, 0.15) is 96.4 Å². The van der Waals surface area contributed by atoms with Crippen LogP contribution in [0.25, 0.3) is 0 Å². The minimum atomic E-state index is -0.319. The van der Waals surface area contributed by atoms with E-state index in [4.69, 9.17) is 10.5 Å². The second-order valence-corrected chi connectivity index (χ2v) is 12.0. The molecule has 2 saturated carbocycles. The lowest BCUT2D eigenvalue weighted by Gasteiger charge is -2.48. The molecule has 0 amide bonds. The van der Waals surface area contributed by atoms with Gasteiger partial charge in [0.15, 0.2) is 0 Å². The molecule has 4 heteroatoms. The molecule has 0 N–H and O–H groups in total. The molecule has 0 radical (unpaired) electrons. The first kappa shape index (κ1) is 33.1. The molecule has 0 spiro atoms. The Hall–Kier alpha value is -1.94. The van der Waals surface area contributed by atoms with Crippen LogP contribution in [0, 0.1) is 87.3 Å². The summed E-state index contributed by atoms with van der Waals surface area (Å²) >= 11 is 0. The van der Waals surface area contributed by atoms with E-state index in [1.54, 1.807) is 13.0 Å². The van der Waals surface area contributed by atoms with Gasteiger partial charge in [-0.1, -0.05) is 75.3 Å². The van der Waals surface area contributed by atoms with Crippen LogP contribution in [0.3, 0.4) is 0 Å². The molecular weight excluding hydrogens is 432 g/mol. The van der Waals surface area contributed by atoms with Crippen LogP contribution in [0.4, 0.5) is 0 Å². The zero-order valence-electron chi connectivity index (χ0n) is 24.8. The third-order valence-electron chi connectivity index (χ3n) is 10.1. The number of carbonyl (C=O) groups excluding carboxylic acids is 2. The van der Waals surface area contributed by atoms with Crippen molar-refractivity contribution in [3.05, 3.63) is 11.6 Å². The van der Waals surface area contributed by atoms with Gasteiger partial charge in [-0.15, -0.1) is 0 Å². The molecule has 0 aliphatic heterocycles. The van der Waals surface area contributed by atoms with Crippen molar-refractivity contribution >= 4 is 11.6 Å². The van der Waals surface area contributed by atoms with E-state index in [1.165, 1.54) is 0 Å². The molecule has 0 saturated heterocycles. The minimum Gasteiger partial charge on any atom is -0.299 e. The number of nitriles is 2. The largest absolute Gasteiger partial charge is 0.299 e. The molecule has 0 heterocycles. The zero-order valence-corrected chi connectivity index (χ0v) is 24.8. The molecule has 0 aromatic heterocycles. The van der Waals surface area contributed by atoms with E-state index in [0.717, 1.165) is 5.57 Å². The fourth-order valence-electron chi connectivity index (χ4n) is 5.83. The highest BCUT2D eigenvalue weighted by Crippen LogP contribution is 2.49. The number of ketones is 2. The lowest BCUT2D eigenvalue weighted by molar-refractivity contribution is -0.146. The number of allylic oxidation sites excluding steroid dienone is 2. The van der Waals surface area contributed by atoms with Crippen molar-refractivity contribution in [2.75, 3.05) is 0 Å². The van der Waals surface area contributed by atoms with Crippen molar-refractivity contribution in [3.8, 4) is 12.1 Å². The molecular formula is C31H52N2O2. The van der Waals surface area contributed by atoms with Crippen LogP contribution >= 0.6 is 0 Å². The summed E-state index contributed by atoms with van der Waals surface area (Å²) in [5, 5.41) is 17.0. The van der Waals surface area contributed by atoms with E-state index in [9.17, 15) is 9.59 Å². The van der Waals surface area contributed by atoms with E-state index >= 15 is 0 Å². The summed E-state index contributed by atoms with van der Waals surface area (Å²) in [7, 11) is 0. The predicted molar refractivity (Wildman–Crippen MR) is 145 cm³/mol. The Morgan fingerprint density at radius 1 is 0.857 bits per heavy atom. The maximum atomic E-state index is 12.6. The Bertz CT molecular complexity index is 814. The monoisotopic (exact) mass is 484 g/mol. The quantitative estimate of drug-likeness (QED) is 0.373. The van der Waals surface area contributed by atoms with Gasteiger partial charge in [-0.3, -0.25) is 9.59 Å². The van der Waals surface area contributed by atoms with Gasteiger partial charge in [-0.2, -0.15) is 10.5 Å². The molecule has 0 aromatic rings. The SMILES string of the molecule is C/C=C(/C)C#N.CC(C#N)CC1(C)C(=O)C(C)C(C)C(C)C1C.CC1C(=O)C(C)C(C)C(C)C1C. The molecule has 2 aliphatic rings. The zero-order chi connectivity index (χ0) is 27.8. The third kappa shape index (κ3) is 7.77. The van der Waals surface area contributed by atoms with Crippen LogP contribution in [0.15, 0.2) is 11.6 Å². The fourth-order valence-corrected chi connectivity index (χ4v) is 5.83. The maximum Gasteiger partial charge on any atom is 0.142 e. The highest BCUT2D eigenvalue weighted by molar-refractivity contribution is 5.88. The van der Waals surface area contributed by atoms with Crippen molar-refractivity contribution in [2.45, 2.75) is 96.4 Å². The highest BCUT2D eigenvalue weighted by atomic mass is 16.1. The second kappa shape index (κ2) is 14.0. The molecule has 35 heavy (non-hydrogen) atoms. The lowest BCUT2D eigenvalue weighted by atomic mass is 9.54. The van der Waals surface area contributed by atoms with Gasteiger partial charge in [-0.05, 0) is 62.7 Å². The average molecular weight is 485 g/mol. The molecule has 0 bridgehead atoms. The van der Waals surface area contributed by atoms with Gasteiger partial charge >= 0.3 is 0 Å². The second-order valence-electron chi connectivity index (χ2n) is 12.0. The summed E-state index contributed by atoms with van der Waals surface area (Å²) in [6.07, 6.45) is 2.48. The van der Waals surface area contributed by atoms with Gasteiger partial charge in [0.1, 0.15) is 11.6 Å². The van der Waals surface area contributed by atoms with Crippen molar-refractivity contribution < 1.29 is 9.59 Å². The Balaban J connectivity index is 0.000000557. The topological polar surface area (TPSA) is 81.7 Å². The van der Waals surface area contributed by atoms with E-state index in [-0.39, 0.29) is 29.1 Å². The average Bonchev–Trinajstić information content (AvgIpc) is 2.86. The summed E-state index contributed by atoms with van der Waals surface area (Å²) in [6, 6.07) is 4.24. The predicted octanol–water partition coefficient (Wildman–Crippen LogP) is 7.90. The fraction of sp³-hybridized carbons (Fsp3) is 0.806. The van der Waals surface area contributed by atoms with Gasteiger partial charge < -0.3 is 0 Å². The standard InChI is InChI=1S/C15H25NO.C11H20O.C5H7N/c1-9(8-16)7-15(6)13(5)11(3)10(2)12(4)14(15)17;1-6-7(2)9(4)11(12)10(5)8(6)3;1-3-5(2)4-6/h9-13H,7H2,1-6H3;6-10H,1-5H3;3H,1-2H3/b;;5-3-. The summed E-state index contributed by atoms with van der Waals surface area (Å²) in [5.41, 5.74) is 0.454. The maximum absolute atomic E-state index is 12.6. The third-order valence-corrected chi connectivity index (χ3v) is 10.1. The van der Waals surface area contributed by atoms with Crippen LogP contribution in [-0.4, -0.2) is 11.6 Å². The summed E-state index contributed by atoms with van der Waals surface area (Å²) < 4.78 is 0. The van der Waals surface area contributed by atoms with Crippen LogP contribution in [0.2, 0.25) is 0 Å². The van der Waals surface area contributed by atoms with Crippen molar-refractivity contribution in [2.24, 2.45) is 64.6 Å². The number of rotatable bonds is 2. The van der Waals surface area contributed by atoms with Crippen molar-refractivity contribution in [3.63, 3.8) is 0 Å². The van der Waals surface area contributed by atoms with E-state index in [0.29, 0.717) is 53.5 Å². The smallest absolute Gasteiger partial charge is 0.142 e. The van der Waals surface area contributed by atoms with Gasteiger partial charge in [0.25, 0.3) is 0 Å². The van der Waals surface area contributed by atoms with Crippen LogP contribution in [0.5, 0.6) is 0 Å².